The average Bonchev–Trinajstić information content (AvgIpc) is 3.00. The first-order valence-electron chi connectivity index (χ1n) is 9.90. The lowest BCUT2D eigenvalue weighted by Gasteiger charge is -2.39. The number of benzene rings is 2. The standard InChI is InChI=1S/C23H25FN2OS/c1-16-7-5-6-10-20(16)26-22(27)21(15-17-11-13-18(24)14-12-17)28-23(26)25-19-8-3-2-4-9-19/h2-4,8-9,11-16,20,23,25H,5-7,10H2,1H3/b21-15-/t16-,20+,23?/m1/s1. The van der Waals surface area contributed by atoms with Crippen LogP contribution in [-0.2, 0) is 4.79 Å². The molecular formula is C23H25FN2OS. The molecule has 0 bridgehead atoms. The van der Waals surface area contributed by atoms with Gasteiger partial charge in [0.25, 0.3) is 5.91 Å². The second-order valence-corrected chi connectivity index (χ2v) is 8.70. The van der Waals surface area contributed by atoms with Gasteiger partial charge in [-0.2, -0.15) is 0 Å². The van der Waals surface area contributed by atoms with Gasteiger partial charge in [-0.25, -0.2) is 4.39 Å². The summed E-state index contributed by atoms with van der Waals surface area (Å²) < 4.78 is 13.2. The molecule has 0 radical (unpaired) electrons. The van der Waals surface area contributed by atoms with E-state index in [1.54, 1.807) is 23.9 Å². The minimum atomic E-state index is -0.270. The molecule has 2 aromatic carbocycles. The Morgan fingerprint density at radius 2 is 1.79 bits per heavy atom. The molecule has 1 heterocycles. The number of amides is 1. The summed E-state index contributed by atoms with van der Waals surface area (Å²) in [5, 5.41) is 3.53. The molecule has 1 saturated carbocycles. The van der Waals surface area contributed by atoms with Crippen molar-refractivity contribution >= 4 is 29.4 Å². The zero-order valence-corrected chi connectivity index (χ0v) is 16.8. The third kappa shape index (κ3) is 4.09. The van der Waals surface area contributed by atoms with Crippen molar-refractivity contribution in [3.05, 3.63) is 70.9 Å². The van der Waals surface area contributed by atoms with Gasteiger partial charge in [0.2, 0.25) is 0 Å². The maximum atomic E-state index is 13.3. The van der Waals surface area contributed by atoms with Crippen LogP contribution in [0.1, 0.15) is 38.2 Å². The number of carbonyl (C=O) groups is 1. The summed E-state index contributed by atoms with van der Waals surface area (Å²) in [7, 11) is 0. The molecule has 1 saturated heterocycles. The molecule has 28 heavy (non-hydrogen) atoms. The first kappa shape index (κ1) is 19.1. The highest BCUT2D eigenvalue weighted by Crippen LogP contribution is 2.42. The molecule has 2 aliphatic rings. The number of halogens is 1. The van der Waals surface area contributed by atoms with Crippen LogP contribution in [0, 0.1) is 11.7 Å². The van der Waals surface area contributed by atoms with Crippen LogP contribution < -0.4 is 5.32 Å². The highest BCUT2D eigenvalue weighted by molar-refractivity contribution is 8.05. The molecule has 1 unspecified atom stereocenters. The number of rotatable bonds is 4. The van der Waals surface area contributed by atoms with Crippen LogP contribution in [0.3, 0.4) is 0 Å². The number of nitrogens with zero attached hydrogens (tertiary/aromatic N) is 1. The van der Waals surface area contributed by atoms with Crippen LogP contribution in [-0.4, -0.2) is 22.3 Å². The van der Waals surface area contributed by atoms with Crippen LogP contribution in [0.25, 0.3) is 6.08 Å². The summed E-state index contributed by atoms with van der Waals surface area (Å²) in [5.74, 6) is 0.291. The van der Waals surface area contributed by atoms with E-state index in [2.05, 4.69) is 12.2 Å². The Bertz CT molecular complexity index is 853. The molecule has 5 heteroatoms. The van der Waals surface area contributed by atoms with E-state index in [0.717, 1.165) is 24.1 Å². The Kier molecular flexibility index (Phi) is 5.72. The molecule has 2 aromatic rings. The number of hydrogen-bond donors (Lipinski definition) is 1. The van der Waals surface area contributed by atoms with Crippen molar-refractivity contribution in [2.75, 3.05) is 5.32 Å². The van der Waals surface area contributed by atoms with Gasteiger partial charge < -0.3 is 10.2 Å². The van der Waals surface area contributed by atoms with Gasteiger partial charge in [0.1, 0.15) is 5.82 Å². The number of hydrogen-bond acceptors (Lipinski definition) is 3. The Hall–Kier alpha value is -2.27. The number of anilines is 1. The average molecular weight is 397 g/mol. The molecule has 0 aromatic heterocycles. The zero-order valence-electron chi connectivity index (χ0n) is 16.0. The molecule has 1 N–H and O–H groups in total. The van der Waals surface area contributed by atoms with Gasteiger partial charge in [-0.05, 0) is 54.7 Å². The summed E-state index contributed by atoms with van der Waals surface area (Å²) >= 11 is 1.55. The smallest absolute Gasteiger partial charge is 0.262 e. The molecule has 1 amide bonds. The molecule has 3 atom stereocenters. The fraction of sp³-hybridized carbons (Fsp3) is 0.348. The van der Waals surface area contributed by atoms with Gasteiger partial charge in [0.15, 0.2) is 5.50 Å². The van der Waals surface area contributed by atoms with Gasteiger partial charge >= 0.3 is 0 Å². The zero-order chi connectivity index (χ0) is 19.5. The van der Waals surface area contributed by atoms with Crippen LogP contribution in [0.2, 0.25) is 0 Å². The molecule has 4 rings (SSSR count). The van der Waals surface area contributed by atoms with Crippen molar-refractivity contribution in [2.45, 2.75) is 44.1 Å². The van der Waals surface area contributed by atoms with Crippen LogP contribution in [0.5, 0.6) is 0 Å². The van der Waals surface area contributed by atoms with Crippen LogP contribution >= 0.6 is 11.8 Å². The number of thioether (sulfide) groups is 1. The minimum absolute atomic E-state index is 0.0708. The van der Waals surface area contributed by atoms with E-state index in [1.807, 2.05) is 41.3 Å². The van der Waals surface area contributed by atoms with E-state index in [-0.39, 0.29) is 23.3 Å². The molecule has 146 valence electrons. The van der Waals surface area contributed by atoms with Crippen molar-refractivity contribution in [1.29, 1.82) is 0 Å². The third-order valence-electron chi connectivity index (χ3n) is 5.59. The second kappa shape index (κ2) is 8.39. The maximum Gasteiger partial charge on any atom is 0.262 e. The molecule has 3 nitrogen and oxygen atoms in total. The Morgan fingerprint density at radius 3 is 2.50 bits per heavy atom. The van der Waals surface area contributed by atoms with E-state index in [9.17, 15) is 9.18 Å². The molecule has 1 aliphatic heterocycles. The van der Waals surface area contributed by atoms with E-state index >= 15 is 0 Å². The van der Waals surface area contributed by atoms with Crippen molar-refractivity contribution in [2.24, 2.45) is 5.92 Å². The second-order valence-electron chi connectivity index (χ2n) is 7.58. The van der Waals surface area contributed by atoms with Gasteiger partial charge in [-0.3, -0.25) is 4.79 Å². The quantitative estimate of drug-likeness (QED) is 0.671. The van der Waals surface area contributed by atoms with E-state index in [0.29, 0.717) is 10.8 Å². The van der Waals surface area contributed by atoms with Gasteiger partial charge in [0.05, 0.1) is 4.91 Å². The minimum Gasteiger partial charge on any atom is -0.356 e. The predicted molar refractivity (Wildman–Crippen MR) is 114 cm³/mol. The normalized spacial score (nSPS) is 26.6. The van der Waals surface area contributed by atoms with E-state index < -0.39 is 0 Å². The monoisotopic (exact) mass is 396 g/mol. The Labute approximate surface area is 170 Å². The van der Waals surface area contributed by atoms with Gasteiger partial charge in [-0.15, -0.1) is 0 Å². The van der Waals surface area contributed by atoms with Gasteiger partial charge in [0, 0.05) is 11.7 Å². The van der Waals surface area contributed by atoms with Gasteiger partial charge in [-0.1, -0.05) is 61.9 Å². The SMILES string of the molecule is C[C@@H]1CCCC[C@@H]1N1C(=O)/C(=C/c2ccc(F)cc2)SC1Nc1ccccc1. The molecule has 0 spiro atoms. The van der Waals surface area contributed by atoms with Crippen LogP contribution in [0.4, 0.5) is 10.1 Å². The third-order valence-corrected chi connectivity index (χ3v) is 6.71. The lowest BCUT2D eigenvalue weighted by molar-refractivity contribution is -0.129. The fourth-order valence-corrected chi connectivity index (χ4v) is 5.29. The topological polar surface area (TPSA) is 32.3 Å². The largest absolute Gasteiger partial charge is 0.356 e. The number of para-hydroxylation sites is 1. The van der Waals surface area contributed by atoms with Crippen LogP contribution in [0.15, 0.2) is 59.5 Å². The Balaban J connectivity index is 1.63. The van der Waals surface area contributed by atoms with Crippen molar-refractivity contribution in [3.8, 4) is 0 Å². The van der Waals surface area contributed by atoms with Crippen molar-refractivity contribution in [3.63, 3.8) is 0 Å². The first-order valence-corrected chi connectivity index (χ1v) is 10.8. The molecule has 1 aliphatic carbocycles. The lowest BCUT2D eigenvalue weighted by Crippen LogP contribution is -2.48. The molecule has 2 fully saturated rings. The first-order chi connectivity index (χ1) is 13.6. The predicted octanol–water partition coefficient (Wildman–Crippen LogP) is 5.72. The fourth-order valence-electron chi connectivity index (χ4n) is 4.08. The van der Waals surface area contributed by atoms with E-state index in [4.69, 9.17) is 0 Å². The highest BCUT2D eigenvalue weighted by Gasteiger charge is 2.42. The lowest BCUT2D eigenvalue weighted by atomic mass is 9.85. The number of carbonyl (C=O) groups excluding carboxylic acids is 1. The van der Waals surface area contributed by atoms with E-state index in [1.165, 1.54) is 25.0 Å². The number of nitrogens with one attached hydrogen (secondary N) is 1. The summed E-state index contributed by atoms with van der Waals surface area (Å²) in [5.41, 5.74) is 1.71. The Morgan fingerprint density at radius 1 is 1.07 bits per heavy atom. The summed E-state index contributed by atoms with van der Waals surface area (Å²) in [6.07, 6.45) is 6.48. The highest BCUT2D eigenvalue weighted by atomic mass is 32.2. The molecular weight excluding hydrogens is 371 g/mol. The maximum absolute atomic E-state index is 13.3. The van der Waals surface area contributed by atoms with Crippen molar-refractivity contribution < 1.29 is 9.18 Å². The summed E-state index contributed by atoms with van der Waals surface area (Å²) in [6.45, 7) is 2.25. The van der Waals surface area contributed by atoms with Crippen molar-refractivity contribution in [1.82, 2.24) is 4.90 Å². The summed E-state index contributed by atoms with van der Waals surface area (Å²) in [4.78, 5) is 16.1. The summed E-state index contributed by atoms with van der Waals surface area (Å²) in [6, 6.07) is 16.5.